The Morgan fingerprint density at radius 3 is 2.59 bits per heavy atom. The average molecular weight is 461 g/mol. The first kappa shape index (κ1) is 25.2. The minimum atomic E-state index is -0.829. The topological polar surface area (TPSA) is 78.1 Å². The summed E-state index contributed by atoms with van der Waals surface area (Å²) in [5.74, 6) is -0.375. The maximum Gasteiger partial charge on any atom is 0.248 e. The van der Waals surface area contributed by atoms with Crippen molar-refractivity contribution in [1.29, 1.82) is 0 Å². The van der Waals surface area contributed by atoms with Crippen LogP contribution in [0.5, 0.6) is 0 Å². The third-order valence-corrected chi connectivity index (χ3v) is 6.51. The number of nitrogens with one attached hydrogen (secondary N) is 2. The molecule has 0 aliphatic heterocycles. The zero-order valence-electron chi connectivity index (χ0n) is 20.6. The lowest BCUT2D eigenvalue weighted by molar-refractivity contribution is -0.136. The van der Waals surface area contributed by atoms with E-state index in [4.69, 9.17) is 0 Å². The van der Waals surface area contributed by atoms with Gasteiger partial charge in [-0.2, -0.15) is 0 Å². The van der Waals surface area contributed by atoms with Crippen LogP contribution in [0, 0.1) is 0 Å². The average Bonchev–Trinajstić information content (AvgIpc) is 3.24. The van der Waals surface area contributed by atoms with Crippen LogP contribution in [0.3, 0.4) is 0 Å². The van der Waals surface area contributed by atoms with Gasteiger partial charge in [-0.05, 0) is 56.9 Å². The highest BCUT2D eigenvalue weighted by Gasteiger charge is 2.35. The number of allylic oxidation sites excluding steroid dienone is 3. The molecule has 6 heteroatoms. The summed E-state index contributed by atoms with van der Waals surface area (Å²) in [6.07, 6.45) is 15.9. The number of aromatic nitrogens is 2. The van der Waals surface area contributed by atoms with E-state index in [0.717, 1.165) is 53.3 Å². The molecule has 2 amide bonds. The molecule has 1 aliphatic rings. The molecular formula is C28H36N4O2. The fraction of sp³-hybridized carbons (Fsp3) is 0.393. The van der Waals surface area contributed by atoms with Crippen molar-refractivity contribution in [2.75, 3.05) is 0 Å². The highest BCUT2D eigenvalue weighted by atomic mass is 16.2. The summed E-state index contributed by atoms with van der Waals surface area (Å²) in [7, 11) is 0. The van der Waals surface area contributed by atoms with Gasteiger partial charge in [0, 0.05) is 41.2 Å². The molecular weight excluding hydrogens is 424 g/mol. The van der Waals surface area contributed by atoms with Crippen molar-refractivity contribution >= 4 is 22.7 Å². The van der Waals surface area contributed by atoms with Crippen molar-refractivity contribution in [3.8, 4) is 0 Å². The number of carbonyl (C=O) groups is 2. The number of rotatable bonds is 9. The molecule has 0 bridgehead atoms. The highest BCUT2D eigenvalue weighted by Crippen LogP contribution is 2.26. The van der Waals surface area contributed by atoms with Crippen molar-refractivity contribution in [2.45, 2.75) is 71.4 Å². The Bertz CT molecular complexity index is 1110. The van der Waals surface area contributed by atoms with Gasteiger partial charge in [0.1, 0.15) is 6.04 Å². The standard InChI is InChI=1S/C28H36N4O2/c1-6-22(7-2)32(26(33)16-20-17-30-25-14-15-29-18-24(20)25)27(23(8-3)19(4)5)28(34)31-21-12-10-9-11-13-21/h6-8,14-15,17-18,21,27,30H,1,3,9-13,16H2,2,4-5H3,(H,31,34). The zero-order chi connectivity index (χ0) is 24.7. The van der Waals surface area contributed by atoms with Crippen molar-refractivity contribution in [3.63, 3.8) is 0 Å². The van der Waals surface area contributed by atoms with Gasteiger partial charge in [-0.15, -0.1) is 0 Å². The first-order chi connectivity index (χ1) is 16.4. The Kier molecular flexibility index (Phi) is 8.63. The van der Waals surface area contributed by atoms with Crippen molar-refractivity contribution in [3.05, 3.63) is 78.4 Å². The summed E-state index contributed by atoms with van der Waals surface area (Å²) in [5.41, 5.74) is 4.01. The second kappa shape index (κ2) is 11.6. The summed E-state index contributed by atoms with van der Waals surface area (Å²) in [5, 5.41) is 4.12. The van der Waals surface area contributed by atoms with Crippen LogP contribution < -0.4 is 5.32 Å². The number of hydrogen-bond donors (Lipinski definition) is 2. The Balaban J connectivity index is 2.02. The lowest BCUT2D eigenvalue weighted by atomic mass is 9.93. The Hall–Kier alpha value is -3.41. The Morgan fingerprint density at radius 1 is 1.24 bits per heavy atom. The molecule has 1 saturated carbocycles. The number of hydrogen-bond acceptors (Lipinski definition) is 3. The van der Waals surface area contributed by atoms with Gasteiger partial charge in [-0.25, -0.2) is 0 Å². The summed E-state index contributed by atoms with van der Waals surface area (Å²) in [6.45, 7) is 13.6. The fourth-order valence-corrected chi connectivity index (χ4v) is 4.72. The van der Waals surface area contributed by atoms with E-state index in [1.165, 1.54) is 6.42 Å². The molecule has 2 aromatic rings. The lowest BCUT2D eigenvalue weighted by Crippen LogP contribution is -2.52. The van der Waals surface area contributed by atoms with Crippen molar-refractivity contribution in [1.82, 2.24) is 20.2 Å². The molecule has 0 radical (unpaired) electrons. The second-order valence-electron chi connectivity index (χ2n) is 9.00. The normalized spacial score (nSPS) is 15.4. The number of carbonyl (C=O) groups excluding carboxylic acids is 2. The minimum absolute atomic E-state index is 0.122. The van der Waals surface area contributed by atoms with Gasteiger partial charge in [-0.3, -0.25) is 19.5 Å². The molecule has 1 unspecified atom stereocenters. The highest BCUT2D eigenvalue weighted by molar-refractivity contribution is 5.95. The quantitative estimate of drug-likeness (QED) is 0.494. The number of amides is 2. The molecule has 6 nitrogen and oxygen atoms in total. The molecule has 1 aliphatic carbocycles. The maximum absolute atomic E-state index is 13.9. The number of aromatic amines is 1. The summed E-state index contributed by atoms with van der Waals surface area (Å²) >= 11 is 0. The maximum atomic E-state index is 13.9. The third kappa shape index (κ3) is 5.56. The van der Waals surface area contributed by atoms with E-state index in [2.05, 4.69) is 28.4 Å². The van der Waals surface area contributed by atoms with Gasteiger partial charge >= 0.3 is 0 Å². The van der Waals surface area contributed by atoms with E-state index in [0.29, 0.717) is 5.70 Å². The van der Waals surface area contributed by atoms with E-state index in [1.807, 2.05) is 39.1 Å². The summed E-state index contributed by atoms with van der Waals surface area (Å²) < 4.78 is 0. The van der Waals surface area contributed by atoms with Crippen LogP contribution in [-0.2, 0) is 16.0 Å². The molecule has 0 saturated heterocycles. The van der Waals surface area contributed by atoms with Gasteiger partial charge in [0.2, 0.25) is 11.8 Å². The lowest BCUT2D eigenvalue weighted by Gasteiger charge is -2.35. The monoisotopic (exact) mass is 460 g/mol. The Labute approximate surface area is 202 Å². The van der Waals surface area contributed by atoms with Gasteiger partial charge in [0.15, 0.2) is 0 Å². The molecule has 0 spiro atoms. The van der Waals surface area contributed by atoms with Crippen LogP contribution in [0.25, 0.3) is 10.9 Å². The van der Waals surface area contributed by atoms with Gasteiger partial charge in [0.05, 0.1) is 6.42 Å². The molecule has 2 heterocycles. The summed E-state index contributed by atoms with van der Waals surface area (Å²) in [6, 6.07) is 1.17. The number of fused-ring (bicyclic) bond motifs is 1. The predicted molar refractivity (Wildman–Crippen MR) is 138 cm³/mol. The Morgan fingerprint density at radius 2 is 1.97 bits per heavy atom. The molecule has 180 valence electrons. The fourth-order valence-electron chi connectivity index (χ4n) is 4.72. The molecule has 2 aromatic heterocycles. The van der Waals surface area contributed by atoms with E-state index in [1.54, 1.807) is 29.4 Å². The second-order valence-corrected chi connectivity index (χ2v) is 9.00. The number of nitrogens with zero attached hydrogens (tertiary/aromatic N) is 2. The van der Waals surface area contributed by atoms with Crippen LogP contribution >= 0.6 is 0 Å². The smallest absolute Gasteiger partial charge is 0.248 e. The number of pyridine rings is 1. The third-order valence-electron chi connectivity index (χ3n) is 6.51. The van der Waals surface area contributed by atoms with Crippen LogP contribution in [0.1, 0.15) is 58.4 Å². The molecule has 1 fully saturated rings. The largest absolute Gasteiger partial charge is 0.361 e. The number of H-pyrrole nitrogens is 1. The van der Waals surface area contributed by atoms with Gasteiger partial charge in [-0.1, -0.05) is 50.1 Å². The summed E-state index contributed by atoms with van der Waals surface area (Å²) in [4.78, 5) is 36.6. The molecule has 1 atom stereocenters. The van der Waals surface area contributed by atoms with Gasteiger partial charge < -0.3 is 10.3 Å². The predicted octanol–water partition coefficient (Wildman–Crippen LogP) is 5.36. The van der Waals surface area contributed by atoms with E-state index in [9.17, 15) is 9.59 Å². The van der Waals surface area contributed by atoms with Crippen molar-refractivity contribution < 1.29 is 9.59 Å². The van der Waals surface area contributed by atoms with Crippen molar-refractivity contribution in [2.24, 2.45) is 0 Å². The first-order valence-electron chi connectivity index (χ1n) is 12.0. The SMILES string of the molecule is C=CC(=CC)N(C(=O)Cc1c[nH]c2ccncc12)C(C(=O)NC1CCCCC1)C(C=C)=C(C)C. The minimum Gasteiger partial charge on any atom is -0.361 e. The molecule has 0 aromatic carbocycles. The molecule has 2 N–H and O–H groups in total. The van der Waals surface area contributed by atoms with E-state index in [-0.39, 0.29) is 24.3 Å². The van der Waals surface area contributed by atoms with Crippen LogP contribution in [-0.4, -0.2) is 38.8 Å². The molecule has 34 heavy (non-hydrogen) atoms. The zero-order valence-corrected chi connectivity index (χ0v) is 20.6. The van der Waals surface area contributed by atoms with Crippen LogP contribution in [0.15, 0.2) is 72.9 Å². The van der Waals surface area contributed by atoms with E-state index >= 15 is 0 Å². The van der Waals surface area contributed by atoms with Crippen LogP contribution in [0.2, 0.25) is 0 Å². The van der Waals surface area contributed by atoms with Gasteiger partial charge in [0.25, 0.3) is 0 Å². The van der Waals surface area contributed by atoms with Crippen LogP contribution in [0.4, 0.5) is 0 Å². The first-order valence-corrected chi connectivity index (χ1v) is 12.0. The molecule has 3 rings (SSSR count). The van der Waals surface area contributed by atoms with E-state index < -0.39 is 6.04 Å².